The minimum atomic E-state index is -1.40. The van der Waals surface area contributed by atoms with Gasteiger partial charge in [-0.25, -0.2) is 0 Å². The van der Waals surface area contributed by atoms with Crippen LogP contribution in [0.3, 0.4) is 0 Å². The first kappa shape index (κ1) is 14.2. The van der Waals surface area contributed by atoms with Crippen LogP contribution in [0.2, 0.25) is 18.6 Å². The highest BCUT2D eigenvalue weighted by Gasteiger charge is 2.32. The van der Waals surface area contributed by atoms with E-state index >= 15 is 0 Å². The molecule has 0 spiro atoms. The third-order valence-electron chi connectivity index (χ3n) is 2.90. The Morgan fingerprint density at radius 1 is 1.07 bits per heavy atom. The normalized spacial score (nSPS) is 16.7. The van der Waals surface area contributed by atoms with Crippen molar-refractivity contribution in [3.8, 4) is 0 Å². The highest BCUT2D eigenvalue weighted by Crippen LogP contribution is 2.28. The molecule has 0 bridgehead atoms. The van der Waals surface area contributed by atoms with E-state index < -0.39 is 8.32 Å². The van der Waals surface area contributed by atoms with Gasteiger partial charge in [0.1, 0.15) is 0 Å². The van der Waals surface area contributed by atoms with Gasteiger partial charge in [0.25, 0.3) is 0 Å². The van der Waals surface area contributed by atoms with Crippen molar-refractivity contribution in [1.82, 2.24) is 0 Å². The van der Waals surface area contributed by atoms with Crippen LogP contribution in [0.25, 0.3) is 0 Å². The topological polar surface area (TPSA) is 9.23 Å². The Balaban J connectivity index is 4.28. The van der Waals surface area contributed by atoms with Crippen molar-refractivity contribution in [2.75, 3.05) is 0 Å². The lowest BCUT2D eigenvalue weighted by molar-refractivity contribution is 0.0865. The van der Waals surface area contributed by atoms with Crippen LogP contribution in [0, 0.1) is 0 Å². The van der Waals surface area contributed by atoms with E-state index in [1.165, 1.54) is 31.4 Å². The minimum absolute atomic E-state index is 0.0981. The minimum Gasteiger partial charge on any atom is -0.412 e. The summed E-state index contributed by atoms with van der Waals surface area (Å²) in [6.45, 7) is 13.6. The molecule has 1 unspecified atom stereocenters. The van der Waals surface area contributed by atoms with Gasteiger partial charge in [-0.2, -0.15) is 0 Å². The van der Waals surface area contributed by atoms with Crippen LogP contribution >= 0.6 is 0 Å². The molecule has 0 aliphatic rings. The molecule has 1 nitrogen and oxygen atoms in total. The van der Waals surface area contributed by atoms with Crippen molar-refractivity contribution in [3.05, 3.63) is 0 Å². The molecule has 86 valence electrons. The molecule has 0 amide bonds. The molecule has 14 heavy (non-hydrogen) atoms. The fraction of sp³-hybridized carbons (Fsp3) is 1.00. The van der Waals surface area contributed by atoms with Gasteiger partial charge in [-0.15, -0.1) is 0 Å². The molecule has 0 rings (SSSR count). The van der Waals surface area contributed by atoms with Gasteiger partial charge in [0, 0.05) is 0 Å². The van der Waals surface area contributed by atoms with Crippen molar-refractivity contribution in [2.45, 2.75) is 78.1 Å². The third kappa shape index (κ3) is 5.16. The number of hydrogen-bond donors (Lipinski definition) is 0. The van der Waals surface area contributed by atoms with Crippen LogP contribution in [-0.2, 0) is 4.43 Å². The van der Waals surface area contributed by atoms with Gasteiger partial charge in [-0.05, 0) is 38.9 Å². The van der Waals surface area contributed by atoms with Crippen LogP contribution in [0.1, 0.15) is 53.9 Å². The Labute approximate surface area is 91.4 Å². The van der Waals surface area contributed by atoms with Crippen molar-refractivity contribution in [3.63, 3.8) is 0 Å². The largest absolute Gasteiger partial charge is 0.412 e. The molecule has 1 atom stereocenters. The molecule has 2 heteroatoms. The number of hydrogen-bond acceptors (Lipinski definition) is 1. The summed E-state index contributed by atoms with van der Waals surface area (Å²) in [7, 11) is -1.40. The zero-order valence-electron chi connectivity index (χ0n) is 10.9. The van der Waals surface area contributed by atoms with Crippen LogP contribution < -0.4 is 0 Å². The highest BCUT2D eigenvalue weighted by molar-refractivity contribution is 6.72. The summed E-state index contributed by atoms with van der Waals surface area (Å²) in [6.07, 6.45) is 3.66. The SMILES string of the molecule is CCCC(C)(C)O[Si](C)(CC)CCC. The summed E-state index contributed by atoms with van der Waals surface area (Å²) in [5.41, 5.74) is 0.0981. The molecular formula is C12H28OSi. The Morgan fingerprint density at radius 3 is 2.00 bits per heavy atom. The zero-order chi connectivity index (χ0) is 11.2. The fourth-order valence-corrected chi connectivity index (χ4v) is 5.24. The van der Waals surface area contributed by atoms with Gasteiger partial charge in [-0.1, -0.05) is 33.6 Å². The Kier molecular flexibility index (Phi) is 5.99. The van der Waals surface area contributed by atoms with Crippen molar-refractivity contribution < 1.29 is 4.43 Å². The third-order valence-corrected chi connectivity index (χ3v) is 7.00. The average molecular weight is 216 g/mol. The molecule has 0 aliphatic heterocycles. The molecule has 0 radical (unpaired) electrons. The van der Waals surface area contributed by atoms with Gasteiger partial charge in [-0.3, -0.25) is 0 Å². The Bertz CT molecular complexity index is 156. The molecule has 0 fully saturated rings. The molecule has 0 aliphatic carbocycles. The predicted molar refractivity (Wildman–Crippen MR) is 67.3 cm³/mol. The van der Waals surface area contributed by atoms with E-state index in [1.54, 1.807) is 0 Å². The molecule has 0 saturated heterocycles. The zero-order valence-corrected chi connectivity index (χ0v) is 11.9. The van der Waals surface area contributed by atoms with E-state index in [9.17, 15) is 0 Å². The van der Waals surface area contributed by atoms with Crippen LogP contribution in [0.5, 0.6) is 0 Å². The number of rotatable bonds is 7. The predicted octanol–water partition coefficient (Wildman–Crippen LogP) is 4.59. The van der Waals surface area contributed by atoms with Crippen molar-refractivity contribution >= 4 is 8.32 Å². The summed E-state index contributed by atoms with van der Waals surface area (Å²) in [6, 6.07) is 2.55. The maximum atomic E-state index is 6.39. The van der Waals surface area contributed by atoms with Gasteiger partial charge in [0.15, 0.2) is 8.32 Å². The second-order valence-corrected chi connectivity index (χ2v) is 9.48. The van der Waals surface area contributed by atoms with Crippen LogP contribution in [0.15, 0.2) is 0 Å². The summed E-state index contributed by atoms with van der Waals surface area (Å²) in [5, 5.41) is 0. The van der Waals surface area contributed by atoms with Crippen molar-refractivity contribution in [2.24, 2.45) is 0 Å². The van der Waals surface area contributed by atoms with Crippen molar-refractivity contribution in [1.29, 1.82) is 0 Å². The quantitative estimate of drug-likeness (QED) is 0.566. The summed E-state index contributed by atoms with van der Waals surface area (Å²) < 4.78 is 6.39. The molecule has 0 saturated carbocycles. The lowest BCUT2D eigenvalue weighted by atomic mass is 10.0. The molecule has 0 aromatic carbocycles. The van der Waals surface area contributed by atoms with Crippen LogP contribution in [0.4, 0.5) is 0 Å². The van der Waals surface area contributed by atoms with Gasteiger partial charge < -0.3 is 4.43 Å². The lowest BCUT2D eigenvalue weighted by Crippen LogP contribution is -2.42. The van der Waals surface area contributed by atoms with E-state index in [0.29, 0.717) is 0 Å². The summed E-state index contributed by atoms with van der Waals surface area (Å²) in [4.78, 5) is 0. The molecule has 0 N–H and O–H groups in total. The van der Waals surface area contributed by atoms with Gasteiger partial charge in [0.05, 0.1) is 5.60 Å². The molecular weight excluding hydrogens is 188 g/mol. The summed E-state index contributed by atoms with van der Waals surface area (Å²) in [5.74, 6) is 0. The standard InChI is InChI=1S/C12H28OSi/c1-7-10-12(4,5)13-14(6,9-3)11-8-2/h7-11H2,1-6H3. The van der Waals surface area contributed by atoms with E-state index in [0.717, 1.165) is 0 Å². The van der Waals surface area contributed by atoms with E-state index in [2.05, 4.69) is 41.2 Å². The lowest BCUT2D eigenvalue weighted by Gasteiger charge is -2.36. The Hall–Kier alpha value is 0.177. The summed E-state index contributed by atoms with van der Waals surface area (Å²) >= 11 is 0. The maximum absolute atomic E-state index is 6.39. The van der Waals surface area contributed by atoms with Crippen LogP contribution in [-0.4, -0.2) is 13.9 Å². The molecule has 0 aromatic heterocycles. The van der Waals surface area contributed by atoms with E-state index in [1.807, 2.05) is 0 Å². The van der Waals surface area contributed by atoms with E-state index in [4.69, 9.17) is 4.43 Å². The first-order chi connectivity index (χ1) is 6.39. The second-order valence-electron chi connectivity index (χ2n) is 5.17. The van der Waals surface area contributed by atoms with Gasteiger partial charge in [0.2, 0.25) is 0 Å². The molecule has 0 aromatic rings. The second kappa shape index (κ2) is 5.91. The smallest absolute Gasteiger partial charge is 0.190 e. The first-order valence-electron chi connectivity index (χ1n) is 6.09. The van der Waals surface area contributed by atoms with Gasteiger partial charge >= 0.3 is 0 Å². The highest BCUT2D eigenvalue weighted by atomic mass is 28.4. The average Bonchev–Trinajstić information content (AvgIpc) is 2.03. The first-order valence-corrected chi connectivity index (χ1v) is 8.91. The Morgan fingerprint density at radius 2 is 1.64 bits per heavy atom. The molecule has 0 heterocycles. The maximum Gasteiger partial charge on any atom is 0.190 e. The fourth-order valence-electron chi connectivity index (χ4n) is 2.15. The monoisotopic (exact) mass is 216 g/mol. The van der Waals surface area contributed by atoms with E-state index in [-0.39, 0.29) is 5.60 Å².